The van der Waals surface area contributed by atoms with Crippen LogP contribution in [0.1, 0.15) is 46.5 Å². The summed E-state index contributed by atoms with van der Waals surface area (Å²) in [5.74, 6) is -0.249. The fourth-order valence-corrected chi connectivity index (χ4v) is 2.46. The van der Waals surface area contributed by atoms with Gasteiger partial charge in [0.1, 0.15) is 18.6 Å². The van der Waals surface area contributed by atoms with Gasteiger partial charge in [-0.3, -0.25) is 19.2 Å². The average Bonchev–Trinajstić information content (AvgIpc) is 2.72. The first-order chi connectivity index (χ1) is 14.2. The minimum absolute atomic E-state index is 0.191. The number of nitrogens with two attached hydrogens (primary N) is 2. The normalized spacial score (nSPS) is 14.4. The molecule has 10 heteroatoms. The maximum absolute atomic E-state index is 12.8. The van der Waals surface area contributed by atoms with Crippen molar-refractivity contribution in [1.29, 1.82) is 0 Å². The third-order valence-corrected chi connectivity index (χ3v) is 4.51. The molecule has 4 atom stereocenters. The van der Waals surface area contributed by atoms with Gasteiger partial charge in [0, 0.05) is 0 Å². The molecule has 0 aliphatic heterocycles. The van der Waals surface area contributed by atoms with Crippen LogP contribution in [0.15, 0.2) is 0 Å². The summed E-state index contributed by atoms with van der Waals surface area (Å²) in [4.78, 5) is 48.9. The standard InChI is InChI=1S/C20H35N5O5/c1-5-11-30-16(26)12-23-20(29)17(13(3)6-2)25-19(28)15(9-7-8-10-21)24-18(27)14(4)22/h1,13-15,17H,6-12,21-22H2,2-4H3,(H,23,29)(H,24,27)(H,25,28)/t13-,14-,15-,17-/m0/s1. The average molecular weight is 426 g/mol. The van der Waals surface area contributed by atoms with Crippen molar-refractivity contribution in [2.75, 3.05) is 19.7 Å². The van der Waals surface area contributed by atoms with E-state index in [1.165, 1.54) is 6.92 Å². The van der Waals surface area contributed by atoms with Gasteiger partial charge in [-0.2, -0.15) is 0 Å². The first-order valence-electron chi connectivity index (χ1n) is 10.1. The van der Waals surface area contributed by atoms with Crippen LogP contribution in [-0.4, -0.2) is 61.5 Å². The Morgan fingerprint density at radius 3 is 2.27 bits per heavy atom. The number of unbranched alkanes of at least 4 members (excludes halogenated alkanes) is 1. The van der Waals surface area contributed by atoms with E-state index < -0.39 is 41.8 Å². The zero-order valence-corrected chi connectivity index (χ0v) is 18.0. The molecule has 170 valence electrons. The number of amides is 3. The number of carbonyl (C=O) groups excluding carboxylic acids is 4. The minimum Gasteiger partial charge on any atom is -0.451 e. The third-order valence-electron chi connectivity index (χ3n) is 4.51. The van der Waals surface area contributed by atoms with E-state index in [2.05, 4.69) is 21.9 Å². The molecule has 0 aliphatic rings. The van der Waals surface area contributed by atoms with Gasteiger partial charge in [-0.25, -0.2) is 0 Å². The van der Waals surface area contributed by atoms with E-state index >= 15 is 0 Å². The quantitative estimate of drug-likeness (QED) is 0.132. The van der Waals surface area contributed by atoms with E-state index in [0.29, 0.717) is 32.2 Å². The van der Waals surface area contributed by atoms with Gasteiger partial charge in [0.15, 0.2) is 6.61 Å². The Bertz CT molecular complexity index is 617. The highest BCUT2D eigenvalue weighted by atomic mass is 16.5. The third kappa shape index (κ3) is 10.8. The SMILES string of the molecule is C#CCOC(=O)CNC(=O)[C@@H](NC(=O)[C@H](CCCCN)NC(=O)[C@H](C)N)[C@@H](C)CC. The van der Waals surface area contributed by atoms with Gasteiger partial charge in [0.05, 0.1) is 6.04 Å². The van der Waals surface area contributed by atoms with E-state index in [9.17, 15) is 19.2 Å². The predicted molar refractivity (Wildman–Crippen MR) is 113 cm³/mol. The molecule has 0 aromatic rings. The molecule has 3 amide bonds. The van der Waals surface area contributed by atoms with Crippen molar-refractivity contribution < 1.29 is 23.9 Å². The number of nitrogens with one attached hydrogen (secondary N) is 3. The number of terminal acetylenes is 1. The Morgan fingerprint density at radius 2 is 1.73 bits per heavy atom. The lowest BCUT2D eigenvalue weighted by Crippen LogP contribution is -2.57. The van der Waals surface area contributed by atoms with Crippen LogP contribution in [0, 0.1) is 18.3 Å². The molecule has 0 spiro atoms. The number of hydrogen-bond acceptors (Lipinski definition) is 7. The lowest BCUT2D eigenvalue weighted by Gasteiger charge is -2.26. The Morgan fingerprint density at radius 1 is 1.07 bits per heavy atom. The van der Waals surface area contributed by atoms with E-state index in [4.69, 9.17) is 22.6 Å². The summed E-state index contributed by atoms with van der Waals surface area (Å²) in [7, 11) is 0. The molecule has 0 radical (unpaired) electrons. The first kappa shape index (κ1) is 27.4. The highest BCUT2D eigenvalue weighted by Crippen LogP contribution is 2.10. The minimum atomic E-state index is -0.896. The van der Waals surface area contributed by atoms with E-state index in [0.717, 1.165) is 0 Å². The topological polar surface area (TPSA) is 166 Å². The van der Waals surface area contributed by atoms with Crippen molar-refractivity contribution in [1.82, 2.24) is 16.0 Å². The van der Waals surface area contributed by atoms with Crippen molar-refractivity contribution in [2.45, 2.75) is 64.6 Å². The van der Waals surface area contributed by atoms with Crippen molar-refractivity contribution in [3.8, 4) is 12.3 Å². The molecule has 0 rings (SSSR count). The molecule has 0 bridgehead atoms. The summed E-state index contributed by atoms with van der Waals surface area (Å²) in [6.45, 7) is 5.08. The van der Waals surface area contributed by atoms with Crippen LogP contribution in [0.25, 0.3) is 0 Å². The Hall–Kier alpha value is -2.64. The summed E-state index contributed by atoms with van der Waals surface area (Å²) in [6.07, 6.45) is 7.28. The number of ether oxygens (including phenoxy) is 1. The second-order valence-corrected chi connectivity index (χ2v) is 7.09. The number of hydrogen-bond donors (Lipinski definition) is 5. The molecule has 0 heterocycles. The van der Waals surface area contributed by atoms with Gasteiger partial charge in [0.2, 0.25) is 17.7 Å². The molecular formula is C20H35N5O5. The largest absolute Gasteiger partial charge is 0.451 e. The molecular weight excluding hydrogens is 390 g/mol. The second-order valence-electron chi connectivity index (χ2n) is 7.09. The monoisotopic (exact) mass is 425 g/mol. The smallest absolute Gasteiger partial charge is 0.326 e. The van der Waals surface area contributed by atoms with Crippen LogP contribution in [0.5, 0.6) is 0 Å². The molecule has 30 heavy (non-hydrogen) atoms. The summed E-state index contributed by atoms with van der Waals surface area (Å²) in [5.41, 5.74) is 11.1. The number of rotatable bonds is 14. The van der Waals surface area contributed by atoms with Crippen LogP contribution in [0.2, 0.25) is 0 Å². The van der Waals surface area contributed by atoms with Crippen LogP contribution in [0.3, 0.4) is 0 Å². The fourth-order valence-electron chi connectivity index (χ4n) is 2.46. The molecule has 0 unspecified atom stereocenters. The lowest BCUT2D eigenvalue weighted by atomic mass is 9.97. The Balaban J connectivity index is 5.15. The van der Waals surface area contributed by atoms with Crippen molar-refractivity contribution in [2.24, 2.45) is 17.4 Å². The molecule has 0 saturated heterocycles. The summed E-state index contributed by atoms with van der Waals surface area (Å²) >= 11 is 0. The van der Waals surface area contributed by atoms with Crippen molar-refractivity contribution in [3.05, 3.63) is 0 Å². The highest BCUT2D eigenvalue weighted by molar-refractivity contribution is 5.93. The first-order valence-corrected chi connectivity index (χ1v) is 10.1. The molecule has 0 aromatic carbocycles. The molecule has 0 aliphatic carbocycles. The molecule has 0 fully saturated rings. The van der Waals surface area contributed by atoms with Crippen molar-refractivity contribution >= 4 is 23.7 Å². The molecule has 10 nitrogen and oxygen atoms in total. The van der Waals surface area contributed by atoms with Crippen LogP contribution < -0.4 is 27.4 Å². The van der Waals surface area contributed by atoms with Crippen molar-refractivity contribution in [3.63, 3.8) is 0 Å². The summed E-state index contributed by atoms with van der Waals surface area (Å²) in [5, 5.41) is 7.73. The fraction of sp³-hybridized carbons (Fsp3) is 0.700. The van der Waals surface area contributed by atoms with Gasteiger partial charge in [-0.15, -0.1) is 6.42 Å². The van der Waals surface area contributed by atoms with Crippen LogP contribution in [0.4, 0.5) is 0 Å². The number of esters is 1. The zero-order valence-electron chi connectivity index (χ0n) is 18.0. The Labute approximate surface area is 178 Å². The predicted octanol–water partition coefficient (Wildman–Crippen LogP) is -1.23. The Kier molecular flexibility index (Phi) is 13.9. The van der Waals surface area contributed by atoms with E-state index in [1.54, 1.807) is 6.92 Å². The maximum Gasteiger partial charge on any atom is 0.326 e. The van der Waals surface area contributed by atoms with Gasteiger partial charge < -0.3 is 32.2 Å². The molecule has 7 N–H and O–H groups in total. The second kappa shape index (κ2) is 15.2. The zero-order chi connectivity index (χ0) is 23.1. The van der Waals surface area contributed by atoms with Gasteiger partial charge in [-0.05, 0) is 38.6 Å². The maximum atomic E-state index is 12.8. The molecule has 0 saturated carbocycles. The summed E-state index contributed by atoms with van der Waals surface area (Å²) in [6, 6.07) is -2.53. The highest BCUT2D eigenvalue weighted by Gasteiger charge is 2.30. The van der Waals surface area contributed by atoms with Crippen LogP contribution >= 0.6 is 0 Å². The van der Waals surface area contributed by atoms with E-state index in [-0.39, 0.29) is 19.1 Å². The van der Waals surface area contributed by atoms with Crippen LogP contribution in [-0.2, 0) is 23.9 Å². The van der Waals surface area contributed by atoms with E-state index in [1.807, 2.05) is 6.92 Å². The summed E-state index contributed by atoms with van der Waals surface area (Å²) < 4.78 is 4.70. The molecule has 0 aromatic heterocycles. The van der Waals surface area contributed by atoms with Gasteiger partial charge >= 0.3 is 5.97 Å². The lowest BCUT2D eigenvalue weighted by molar-refractivity contribution is -0.143. The van der Waals surface area contributed by atoms with Gasteiger partial charge in [-0.1, -0.05) is 26.2 Å². The number of carbonyl (C=O) groups is 4. The van der Waals surface area contributed by atoms with Gasteiger partial charge in [0.25, 0.3) is 0 Å².